The van der Waals surface area contributed by atoms with E-state index in [0.29, 0.717) is 6.42 Å². The number of methoxy groups -OCH3 is 1. The molecule has 0 aliphatic heterocycles. The predicted molar refractivity (Wildman–Crippen MR) is 83.2 cm³/mol. The number of ether oxygens (including phenoxy) is 1. The standard InChI is InChI=1S/C15H15N3O3S/c1-18(9-16)14(19)12(17-15(20)21-2)7-10-8-22-13-6-4-3-5-11(10)13/h3-6,8,12H,7H2,1-2H3,(H,17,20). The minimum Gasteiger partial charge on any atom is -0.453 e. The summed E-state index contributed by atoms with van der Waals surface area (Å²) < 4.78 is 5.66. The van der Waals surface area contributed by atoms with Crippen LogP contribution in [0.15, 0.2) is 29.6 Å². The molecule has 0 aliphatic rings. The Balaban J connectivity index is 2.27. The molecule has 114 valence electrons. The van der Waals surface area contributed by atoms with Crippen LogP contribution in [0.3, 0.4) is 0 Å². The Kier molecular flexibility index (Phi) is 4.96. The molecule has 1 heterocycles. The van der Waals surface area contributed by atoms with Gasteiger partial charge in [0.05, 0.1) is 7.11 Å². The summed E-state index contributed by atoms with van der Waals surface area (Å²) in [5.41, 5.74) is 0.946. The van der Waals surface area contributed by atoms with Gasteiger partial charge >= 0.3 is 6.09 Å². The zero-order valence-corrected chi connectivity index (χ0v) is 13.0. The van der Waals surface area contributed by atoms with E-state index < -0.39 is 18.0 Å². The molecular weight excluding hydrogens is 302 g/mol. The third kappa shape index (κ3) is 3.35. The van der Waals surface area contributed by atoms with E-state index in [1.165, 1.54) is 14.2 Å². The molecule has 0 saturated heterocycles. The molecule has 0 radical (unpaired) electrons. The van der Waals surface area contributed by atoms with Gasteiger partial charge in [-0.2, -0.15) is 5.26 Å². The number of rotatable bonds is 4. The molecule has 22 heavy (non-hydrogen) atoms. The summed E-state index contributed by atoms with van der Waals surface area (Å²) in [6.07, 6.45) is 1.34. The Bertz CT molecular complexity index is 735. The van der Waals surface area contributed by atoms with Crippen molar-refractivity contribution in [2.24, 2.45) is 0 Å². The summed E-state index contributed by atoms with van der Waals surface area (Å²) in [4.78, 5) is 24.6. The van der Waals surface area contributed by atoms with Gasteiger partial charge in [0.25, 0.3) is 5.91 Å². The van der Waals surface area contributed by atoms with Crippen LogP contribution in [0.4, 0.5) is 4.79 Å². The maximum Gasteiger partial charge on any atom is 0.407 e. The van der Waals surface area contributed by atoms with Gasteiger partial charge in [-0.05, 0) is 22.4 Å². The van der Waals surface area contributed by atoms with E-state index in [-0.39, 0.29) is 0 Å². The van der Waals surface area contributed by atoms with Crippen LogP contribution in [0.25, 0.3) is 10.1 Å². The van der Waals surface area contributed by atoms with Crippen molar-refractivity contribution in [1.82, 2.24) is 10.2 Å². The Morgan fingerprint density at radius 1 is 1.45 bits per heavy atom. The van der Waals surface area contributed by atoms with Crippen molar-refractivity contribution in [3.63, 3.8) is 0 Å². The van der Waals surface area contributed by atoms with Crippen LogP contribution >= 0.6 is 11.3 Å². The lowest BCUT2D eigenvalue weighted by molar-refractivity contribution is -0.129. The number of fused-ring (bicyclic) bond motifs is 1. The second kappa shape index (κ2) is 6.91. The molecule has 1 aromatic heterocycles. The Labute approximate surface area is 131 Å². The number of likely N-dealkylation sites (N-methyl/N-ethyl adjacent to an activating group) is 1. The van der Waals surface area contributed by atoms with Gasteiger partial charge in [-0.1, -0.05) is 18.2 Å². The fourth-order valence-corrected chi connectivity index (χ4v) is 3.07. The molecule has 0 saturated carbocycles. The van der Waals surface area contributed by atoms with Gasteiger partial charge in [-0.3, -0.25) is 9.69 Å². The zero-order valence-electron chi connectivity index (χ0n) is 12.2. The third-order valence-electron chi connectivity index (χ3n) is 3.24. The van der Waals surface area contributed by atoms with Gasteiger partial charge in [0.1, 0.15) is 6.04 Å². The average Bonchev–Trinajstić information content (AvgIpc) is 2.95. The van der Waals surface area contributed by atoms with Crippen molar-refractivity contribution in [2.75, 3.05) is 14.2 Å². The van der Waals surface area contributed by atoms with Crippen LogP contribution in [0.1, 0.15) is 5.56 Å². The van der Waals surface area contributed by atoms with Gasteiger partial charge in [-0.25, -0.2) is 4.79 Å². The van der Waals surface area contributed by atoms with Gasteiger partial charge < -0.3 is 10.1 Å². The summed E-state index contributed by atoms with van der Waals surface area (Å²) in [6, 6.07) is 6.98. The number of alkyl carbamates (subject to hydrolysis) is 1. The molecule has 0 aliphatic carbocycles. The predicted octanol–water partition coefficient (Wildman–Crippen LogP) is 2.11. The van der Waals surface area contributed by atoms with Crippen LogP contribution in [-0.4, -0.2) is 37.1 Å². The molecule has 7 heteroatoms. The number of carbonyl (C=O) groups excluding carboxylic acids is 2. The van der Waals surface area contributed by atoms with Crippen molar-refractivity contribution in [1.29, 1.82) is 5.26 Å². The summed E-state index contributed by atoms with van der Waals surface area (Å²) in [6.45, 7) is 0. The summed E-state index contributed by atoms with van der Waals surface area (Å²) in [5, 5.41) is 14.3. The maximum absolute atomic E-state index is 12.2. The first-order valence-electron chi connectivity index (χ1n) is 6.53. The Hall–Kier alpha value is -2.59. The van der Waals surface area contributed by atoms with E-state index in [4.69, 9.17) is 5.26 Å². The molecule has 0 spiro atoms. The highest BCUT2D eigenvalue weighted by Crippen LogP contribution is 2.26. The number of thiophene rings is 1. The first-order chi connectivity index (χ1) is 10.6. The fraction of sp³-hybridized carbons (Fsp3) is 0.267. The number of hydrogen-bond donors (Lipinski definition) is 1. The number of benzene rings is 1. The molecule has 0 bridgehead atoms. The van der Waals surface area contributed by atoms with Crippen molar-refractivity contribution >= 4 is 33.4 Å². The van der Waals surface area contributed by atoms with Crippen LogP contribution in [0.5, 0.6) is 0 Å². The normalized spacial score (nSPS) is 11.5. The molecule has 0 fully saturated rings. The van der Waals surface area contributed by atoms with E-state index in [1.807, 2.05) is 29.6 Å². The number of nitrogens with zero attached hydrogens (tertiary/aromatic N) is 2. The minimum absolute atomic E-state index is 0.296. The monoisotopic (exact) mass is 317 g/mol. The number of amides is 2. The second-order valence-corrected chi connectivity index (χ2v) is 5.56. The highest BCUT2D eigenvalue weighted by Gasteiger charge is 2.25. The second-order valence-electron chi connectivity index (χ2n) is 4.65. The number of carbonyl (C=O) groups is 2. The van der Waals surface area contributed by atoms with E-state index >= 15 is 0 Å². The first kappa shape index (κ1) is 15.8. The largest absolute Gasteiger partial charge is 0.453 e. The lowest BCUT2D eigenvalue weighted by Gasteiger charge is -2.19. The fourth-order valence-electron chi connectivity index (χ4n) is 2.10. The van der Waals surface area contributed by atoms with Gasteiger partial charge in [0, 0.05) is 18.2 Å². The lowest BCUT2D eigenvalue weighted by atomic mass is 10.0. The highest BCUT2D eigenvalue weighted by molar-refractivity contribution is 7.17. The van der Waals surface area contributed by atoms with E-state index in [1.54, 1.807) is 17.5 Å². The minimum atomic E-state index is -0.852. The van der Waals surface area contributed by atoms with Gasteiger partial charge in [-0.15, -0.1) is 11.3 Å². The van der Waals surface area contributed by atoms with Crippen molar-refractivity contribution in [3.05, 3.63) is 35.2 Å². The Morgan fingerprint density at radius 2 is 2.18 bits per heavy atom. The van der Waals surface area contributed by atoms with Gasteiger partial charge in [0.2, 0.25) is 0 Å². The van der Waals surface area contributed by atoms with Crippen LogP contribution < -0.4 is 5.32 Å². The number of nitriles is 1. The molecule has 1 atom stereocenters. The molecule has 1 aromatic carbocycles. The van der Waals surface area contributed by atoms with Crippen molar-refractivity contribution in [2.45, 2.75) is 12.5 Å². The topological polar surface area (TPSA) is 82.4 Å². The van der Waals surface area contributed by atoms with Gasteiger partial charge in [0.15, 0.2) is 6.19 Å². The smallest absolute Gasteiger partial charge is 0.407 e. The first-order valence-corrected chi connectivity index (χ1v) is 7.41. The van der Waals surface area contributed by atoms with E-state index in [0.717, 1.165) is 20.5 Å². The number of hydrogen-bond acceptors (Lipinski definition) is 5. The Morgan fingerprint density at radius 3 is 2.86 bits per heavy atom. The average molecular weight is 317 g/mol. The quantitative estimate of drug-likeness (QED) is 0.691. The molecule has 2 amide bonds. The van der Waals surface area contributed by atoms with E-state index in [9.17, 15) is 9.59 Å². The number of nitrogens with one attached hydrogen (secondary N) is 1. The molecule has 1 N–H and O–H groups in total. The summed E-state index contributed by atoms with van der Waals surface area (Å²) in [7, 11) is 2.59. The van der Waals surface area contributed by atoms with Crippen molar-refractivity contribution in [3.8, 4) is 6.19 Å². The molecule has 2 aromatic rings. The van der Waals surface area contributed by atoms with Crippen molar-refractivity contribution < 1.29 is 14.3 Å². The van der Waals surface area contributed by atoms with Crippen LogP contribution in [-0.2, 0) is 16.0 Å². The maximum atomic E-state index is 12.2. The summed E-state index contributed by atoms with van der Waals surface area (Å²) >= 11 is 1.57. The van der Waals surface area contributed by atoms with Crippen LogP contribution in [0, 0.1) is 11.5 Å². The van der Waals surface area contributed by atoms with E-state index in [2.05, 4.69) is 10.1 Å². The van der Waals surface area contributed by atoms with Crippen LogP contribution in [0.2, 0.25) is 0 Å². The molecule has 2 rings (SSSR count). The summed E-state index contributed by atoms with van der Waals surface area (Å²) in [5.74, 6) is -0.483. The molecule has 6 nitrogen and oxygen atoms in total. The third-order valence-corrected chi connectivity index (χ3v) is 4.25. The lowest BCUT2D eigenvalue weighted by Crippen LogP contribution is -2.47. The SMILES string of the molecule is COC(=O)NC(Cc1csc2ccccc12)C(=O)N(C)C#N. The molecule has 1 unspecified atom stereocenters. The zero-order chi connectivity index (χ0) is 16.1. The molecular formula is C15H15N3O3S. The highest BCUT2D eigenvalue weighted by atomic mass is 32.1.